The maximum absolute atomic E-state index is 12.2. The highest BCUT2D eigenvalue weighted by molar-refractivity contribution is 7.09. The SMILES string of the molecule is O=C(NC1CC2CCC1O2)NC(c1nccs1)C1CC1. The molecular weight excluding hydrogens is 274 g/mol. The molecule has 2 N–H and O–H groups in total. The second-order valence-electron chi connectivity index (χ2n) is 6.02. The Morgan fingerprint density at radius 3 is 2.90 bits per heavy atom. The van der Waals surface area contributed by atoms with E-state index in [1.807, 2.05) is 5.38 Å². The molecule has 1 aliphatic carbocycles. The molecule has 1 aromatic heterocycles. The Kier molecular flexibility index (Phi) is 3.15. The van der Waals surface area contributed by atoms with Gasteiger partial charge in [0, 0.05) is 11.6 Å². The predicted octanol–water partition coefficient (Wildman–Crippen LogP) is 2.21. The van der Waals surface area contributed by atoms with Gasteiger partial charge in [-0.05, 0) is 38.0 Å². The number of carbonyl (C=O) groups is 1. The molecule has 0 spiro atoms. The summed E-state index contributed by atoms with van der Waals surface area (Å²) in [5.74, 6) is 0.558. The summed E-state index contributed by atoms with van der Waals surface area (Å²) in [6.07, 6.45) is 7.95. The van der Waals surface area contributed by atoms with Crippen molar-refractivity contribution in [1.82, 2.24) is 15.6 Å². The Morgan fingerprint density at radius 1 is 1.40 bits per heavy atom. The first-order valence-electron chi connectivity index (χ1n) is 7.41. The number of amides is 2. The van der Waals surface area contributed by atoms with Crippen molar-refractivity contribution in [1.29, 1.82) is 0 Å². The summed E-state index contributed by atoms with van der Waals surface area (Å²) in [5, 5.41) is 9.18. The van der Waals surface area contributed by atoms with Crippen LogP contribution in [-0.2, 0) is 4.74 Å². The van der Waals surface area contributed by atoms with Crippen molar-refractivity contribution in [3.05, 3.63) is 16.6 Å². The number of ether oxygens (including phenoxy) is 1. The first-order chi connectivity index (χ1) is 9.79. The third-order valence-electron chi connectivity index (χ3n) is 4.52. The van der Waals surface area contributed by atoms with Crippen LogP contribution in [0.2, 0.25) is 0 Å². The molecule has 20 heavy (non-hydrogen) atoms. The van der Waals surface area contributed by atoms with Crippen molar-refractivity contribution >= 4 is 17.4 Å². The van der Waals surface area contributed by atoms with Crippen LogP contribution < -0.4 is 10.6 Å². The summed E-state index contributed by atoms with van der Waals surface area (Å²) in [7, 11) is 0. The second-order valence-corrected chi connectivity index (χ2v) is 6.95. The summed E-state index contributed by atoms with van der Waals surface area (Å²) >= 11 is 1.62. The van der Waals surface area contributed by atoms with Gasteiger partial charge in [-0.15, -0.1) is 11.3 Å². The number of carbonyl (C=O) groups excluding carboxylic acids is 1. The Hall–Kier alpha value is -1.14. The molecule has 3 fully saturated rings. The maximum Gasteiger partial charge on any atom is 0.315 e. The fourth-order valence-corrected chi connectivity index (χ4v) is 4.12. The molecule has 4 rings (SSSR count). The number of nitrogens with zero attached hydrogens (tertiary/aromatic N) is 1. The molecule has 1 saturated carbocycles. The number of aromatic nitrogens is 1. The minimum atomic E-state index is -0.0711. The van der Waals surface area contributed by atoms with E-state index >= 15 is 0 Å². The van der Waals surface area contributed by atoms with Gasteiger partial charge >= 0.3 is 6.03 Å². The molecule has 3 aliphatic rings. The summed E-state index contributed by atoms with van der Waals surface area (Å²) in [6.45, 7) is 0. The molecule has 0 aromatic carbocycles. The molecule has 0 radical (unpaired) electrons. The molecule has 1 aromatic rings. The number of nitrogens with one attached hydrogen (secondary N) is 2. The van der Waals surface area contributed by atoms with Crippen LogP contribution in [0, 0.1) is 5.92 Å². The number of rotatable bonds is 4. The third kappa shape index (κ3) is 2.42. The fourth-order valence-electron chi connectivity index (χ4n) is 3.34. The van der Waals surface area contributed by atoms with Crippen LogP contribution in [0.5, 0.6) is 0 Å². The van der Waals surface area contributed by atoms with Gasteiger partial charge in [-0.2, -0.15) is 0 Å². The van der Waals surface area contributed by atoms with E-state index < -0.39 is 0 Å². The lowest BCUT2D eigenvalue weighted by Crippen LogP contribution is -2.47. The quantitative estimate of drug-likeness (QED) is 0.894. The van der Waals surface area contributed by atoms with Crippen molar-refractivity contribution < 1.29 is 9.53 Å². The molecule has 6 heteroatoms. The van der Waals surface area contributed by atoms with E-state index in [0.717, 1.165) is 24.3 Å². The van der Waals surface area contributed by atoms with E-state index in [1.54, 1.807) is 17.5 Å². The molecule has 5 nitrogen and oxygen atoms in total. The third-order valence-corrected chi connectivity index (χ3v) is 5.38. The van der Waals surface area contributed by atoms with Crippen molar-refractivity contribution in [2.45, 2.75) is 56.4 Å². The van der Waals surface area contributed by atoms with Crippen molar-refractivity contribution in [2.75, 3.05) is 0 Å². The van der Waals surface area contributed by atoms with Crippen LogP contribution in [0.1, 0.15) is 43.2 Å². The minimum absolute atomic E-state index is 0.0711. The van der Waals surface area contributed by atoms with Crippen LogP contribution in [0.25, 0.3) is 0 Å². The molecule has 2 bridgehead atoms. The molecule has 2 amide bonds. The van der Waals surface area contributed by atoms with Crippen LogP contribution >= 0.6 is 11.3 Å². The number of fused-ring (bicyclic) bond motifs is 2. The van der Waals surface area contributed by atoms with Crippen LogP contribution in [-0.4, -0.2) is 29.3 Å². The van der Waals surface area contributed by atoms with E-state index in [4.69, 9.17) is 4.74 Å². The summed E-state index contributed by atoms with van der Waals surface area (Å²) in [5.41, 5.74) is 0. The maximum atomic E-state index is 12.2. The van der Waals surface area contributed by atoms with Crippen molar-refractivity contribution in [3.63, 3.8) is 0 Å². The Bertz CT molecular complexity index is 489. The second kappa shape index (κ2) is 5.00. The average Bonchev–Trinajstić information content (AvgIpc) is 2.88. The van der Waals surface area contributed by atoms with E-state index in [-0.39, 0.29) is 24.2 Å². The minimum Gasteiger partial charge on any atom is -0.373 e. The summed E-state index contributed by atoms with van der Waals surface area (Å²) in [4.78, 5) is 16.6. The van der Waals surface area contributed by atoms with E-state index in [0.29, 0.717) is 12.0 Å². The van der Waals surface area contributed by atoms with Gasteiger partial charge in [0.1, 0.15) is 5.01 Å². The molecule has 2 aliphatic heterocycles. The fraction of sp³-hybridized carbons (Fsp3) is 0.714. The van der Waals surface area contributed by atoms with Crippen molar-refractivity contribution in [2.24, 2.45) is 5.92 Å². The molecule has 3 heterocycles. The van der Waals surface area contributed by atoms with Gasteiger partial charge in [-0.25, -0.2) is 9.78 Å². The van der Waals surface area contributed by atoms with Gasteiger partial charge in [-0.1, -0.05) is 0 Å². The zero-order valence-corrected chi connectivity index (χ0v) is 12.1. The van der Waals surface area contributed by atoms with Crippen molar-refractivity contribution in [3.8, 4) is 0 Å². The standard InChI is InChI=1S/C14H19N3O2S/c18-14(16-10-7-9-3-4-11(10)19-9)17-12(8-1-2-8)13-15-5-6-20-13/h5-6,8-12H,1-4,7H2,(H2,16,17,18). The Balaban J connectivity index is 1.36. The van der Waals surface area contributed by atoms with Gasteiger partial charge in [0.25, 0.3) is 0 Å². The van der Waals surface area contributed by atoms with Gasteiger partial charge in [0.15, 0.2) is 0 Å². The first-order valence-corrected chi connectivity index (χ1v) is 8.29. The molecular formula is C14H19N3O2S. The Labute approximate surface area is 122 Å². The predicted molar refractivity (Wildman–Crippen MR) is 75.5 cm³/mol. The number of hydrogen-bond acceptors (Lipinski definition) is 4. The topological polar surface area (TPSA) is 63.2 Å². The highest BCUT2D eigenvalue weighted by Gasteiger charge is 2.42. The van der Waals surface area contributed by atoms with Gasteiger partial charge < -0.3 is 15.4 Å². The Morgan fingerprint density at radius 2 is 2.30 bits per heavy atom. The molecule has 108 valence electrons. The monoisotopic (exact) mass is 293 g/mol. The molecule has 4 atom stereocenters. The van der Waals surface area contributed by atoms with Crippen LogP contribution in [0.3, 0.4) is 0 Å². The lowest BCUT2D eigenvalue weighted by atomic mass is 9.96. The van der Waals surface area contributed by atoms with Gasteiger partial charge in [0.05, 0.1) is 24.3 Å². The molecule has 2 saturated heterocycles. The number of thiazole rings is 1. The first kappa shape index (κ1) is 12.6. The number of hydrogen-bond donors (Lipinski definition) is 2. The van der Waals surface area contributed by atoms with E-state index in [2.05, 4.69) is 15.6 Å². The van der Waals surface area contributed by atoms with Gasteiger partial charge in [0.2, 0.25) is 0 Å². The lowest BCUT2D eigenvalue weighted by molar-refractivity contribution is 0.0980. The van der Waals surface area contributed by atoms with Gasteiger partial charge in [-0.3, -0.25) is 0 Å². The normalized spacial score (nSPS) is 33.1. The lowest BCUT2D eigenvalue weighted by Gasteiger charge is -2.22. The zero-order valence-electron chi connectivity index (χ0n) is 11.2. The van der Waals surface area contributed by atoms with Crippen LogP contribution in [0.15, 0.2) is 11.6 Å². The van der Waals surface area contributed by atoms with E-state index in [1.165, 1.54) is 12.8 Å². The molecule has 4 unspecified atom stereocenters. The zero-order chi connectivity index (χ0) is 13.5. The summed E-state index contributed by atoms with van der Waals surface area (Å²) in [6, 6.07) is 0.192. The highest BCUT2D eigenvalue weighted by Crippen LogP contribution is 2.41. The summed E-state index contributed by atoms with van der Waals surface area (Å²) < 4.78 is 5.77. The van der Waals surface area contributed by atoms with Crippen LogP contribution in [0.4, 0.5) is 4.79 Å². The largest absolute Gasteiger partial charge is 0.373 e. The average molecular weight is 293 g/mol. The highest BCUT2D eigenvalue weighted by atomic mass is 32.1. The van der Waals surface area contributed by atoms with E-state index in [9.17, 15) is 4.79 Å². The number of urea groups is 1. The smallest absolute Gasteiger partial charge is 0.315 e.